The fourth-order valence-corrected chi connectivity index (χ4v) is 3.13. The highest BCUT2D eigenvalue weighted by Gasteiger charge is 2.21. The maximum absolute atomic E-state index is 12.9. The highest BCUT2D eigenvalue weighted by molar-refractivity contribution is 7.89. The second kappa shape index (κ2) is 7.41. The average Bonchev–Trinajstić information content (AvgIpc) is 2.59. The molecule has 1 N–H and O–H groups in total. The lowest BCUT2D eigenvalue weighted by atomic mass is 10.1. The zero-order chi connectivity index (χ0) is 17.7. The van der Waals surface area contributed by atoms with Gasteiger partial charge in [0.1, 0.15) is 22.2 Å². The van der Waals surface area contributed by atoms with Crippen molar-refractivity contribution in [1.82, 2.24) is 4.72 Å². The van der Waals surface area contributed by atoms with Crippen LogP contribution in [0.2, 0.25) is 0 Å². The minimum atomic E-state index is -4.00. The molecular formula is C16H16FNO5S. The standard InChI is InChI=1S/C16H16FNO5S/c1-22-13-7-8-15(23-2)16(9-13)24(20,21)18-10-14(19)11-3-5-12(17)6-4-11/h3-9,18H,10H2,1-2H3. The molecule has 0 aliphatic carbocycles. The summed E-state index contributed by atoms with van der Waals surface area (Å²) >= 11 is 0. The van der Waals surface area contributed by atoms with Gasteiger partial charge in [0.05, 0.1) is 20.8 Å². The van der Waals surface area contributed by atoms with Crippen molar-refractivity contribution in [2.45, 2.75) is 4.90 Å². The van der Waals surface area contributed by atoms with Crippen molar-refractivity contribution in [3.05, 3.63) is 53.8 Å². The number of hydrogen-bond donors (Lipinski definition) is 1. The maximum atomic E-state index is 12.9. The number of methoxy groups -OCH3 is 2. The number of sulfonamides is 1. The SMILES string of the molecule is COc1ccc(OC)c(S(=O)(=O)NCC(=O)c2ccc(F)cc2)c1. The van der Waals surface area contributed by atoms with Crippen molar-refractivity contribution in [1.29, 1.82) is 0 Å². The smallest absolute Gasteiger partial charge is 0.244 e. The van der Waals surface area contributed by atoms with Gasteiger partial charge in [-0.3, -0.25) is 4.79 Å². The highest BCUT2D eigenvalue weighted by atomic mass is 32.2. The minimum Gasteiger partial charge on any atom is -0.497 e. The van der Waals surface area contributed by atoms with Crippen molar-refractivity contribution < 1.29 is 27.1 Å². The summed E-state index contributed by atoms with van der Waals surface area (Å²) in [5, 5.41) is 0. The van der Waals surface area contributed by atoms with Crippen LogP contribution in [0.3, 0.4) is 0 Å². The van der Waals surface area contributed by atoms with E-state index >= 15 is 0 Å². The lowest BCUT2D eigenvalue weighted by Gasteiger charge is -2.12. The molecule has 0 bridgehead atoms. The Labute approximate surface area is 139 Å². The van der Waals surface area contributed by atoms with Gasteiger partial charge in [-0.2, -0.15) is 0 Å². The fraction of sp³-hybridized carbons (Fsp3) is 0.188. The van der Waals surface area contributed by atoms with Crippen LogP contribution in [0.5, 0.6) is 11.5 Å². The third kappa shape index (κ3) is 4.09. The Morgan fingerprint density at radius 1 is 1.08 bits per heavy atom. The van der Waals surface area contributed by atoms with Gasteiger partial charge in [0.25, 0.3) is 0 Å². The van der Waals surface area contributed by atoms with E-state index < -0.39 is 28.2 Å². The molecule has 0 heterocycles. The summed E-state index contributed by atoms with van der Waals surface area (Å²) in [7, 11) is -1.25. The Hall–Kier alpha value is -2.45. The summed E-state index contributed by atoms with van der Waals surface area (Å²) in [6.45, 7) is -0.464. The second-order valence-corrected chi connectivity index (χ2v) is 6.51. The van der Waals surface area contributed by atoms with Crippen molar-refractivity contribution in [3.63, 3.8) is 0 Å². The van der Waals surface area contributed by atoms with Gasteiger partial charge in [0.2, 0.25) is 10.0 Å². The molecule has 0 unspecified atom stereocenters. The average molecular weight is 353 g/mol. The minimum absolute atomic E-state index is 0.123. The number of ketones is 1. The molecule has 0 saturated heterocycles. The number of halogens is 1. The Morgan fingerprint density at radius 2 is 1.75 bits per heavy atom. The molecule has 0 aromatic heterocycles. The van der Waals surface area contributed by atoms with E-state index in [0.29, 0.717) is 5.75 Å². The van der Waals surface area contributed by atoms with E-state index in [4.69, 9.17) is 9.47 Å². The Morgan fingerprint density at radius 3 is 2.33 bits per heavy atom. The van der Waals surface area contributed by atoms with E-state index in [1.54, 1.807) is 6.07 Å². The van der Waals surface area contributed by atoms with Gasteiger partial charge in [-0.05, 0) is 36.4 Å². The first-order valence-corrected chi connectivity index (χ1v) is 8.36. The summed E-state index contributed by atoms with van der Waals surface area (Å²) in [6.07, 6.45) is 0. The molecule has 0 amide bonds. The van der Waals surface area contributed by atoms with Gasteiger partial charge in [0, 0.05) is 11.6 Å². The van der Waals surface area contributed by atoms with Gasteiger partial charge < -0.3 is 9.47 Å². The Balaban J connectivity index is 2.19. The number of benzene rings is 2. The zero-order valence-corrected chi connectivity index (χ0v) is 13.9. The molecule has 0 saturated carbocycles. The van der Waals surface area contributed by atoms with Gasteiger partial charge in [-0.15, -0.1) is 0 Å². The molecule has 0 aliphatic rings. The number of nitrogens with one attached hydrogen (secondary N) is 1. The number of hydrogen-bond acceptors (Lipinski definition) is 5. The van der Waals surface area contributed by atoms with Crippen LogP contribution in [-0.4, -0.2) is 35.0 Å². The van der Waals surface area contributed by atoms with E-state index in [1.165, 1.54) is 38.5 Å². The molecule has 2 aromatic carbocycles. The molecule has 0 atom stereocenters. The number of rotatable bonds is 7. The molecule has 0 spiro atoms. The lowest BCUT2D eigenvalue weighted by molar-refractivity contribution is 0.0997. The van der Waals surface area contributed by atoms with Crippen LogP contribution in [0, 0.1) is 5.82 Å². The van der Waals surface area contributed by atoms with Crippen LogP contribution in [0.15, 0.2) is 47.4 Å². The van der Waals surface area contributed by atoms with Gasteiger partial charge in [-0.1, -0.05) is 0 Å². The Bertz CT molecular complexity index is 834. The molecule has 0 radical (unpaired) electrons. The van der Waals surface area contributed by atoms with Crippen molar-refractivity contribution in [3.8, 4) is 11.5 Å². The van der Waals surface area contributed by atoms with E-state index in [1.807, 2.05) is 0 Å². The first-order chi connectivity index (χ1) is 11.4. The molecule has 2 rings (SSSR count). The van der Waals surface area contributed by atoms with Crippen molar-refractivity contribution >= 4 is 15.8 Å². The lowest BCUT2D eigenvalue weighted by Crippen LogP contribution is -2.30. The van der Waals surface area contributed by atoms with Gasteiger partial charge >= 0.3 is 0 Å². The normalized spacial score (nSPS) is 11.1. The quantitative estimate of drug-likeness (QED) is 0.770. The van der Waals surface area contributed by atoms with E-state index in [9.17, 15) is 17.6 Å². The largest absolute Gasteiger partial charge is 0.497 e. The van der Waals surface area contributed by atoms with Gasteiger partial charge in [0.15, 0.2) is 5.78 Å². The summed E-state index contributed by atoms with van der Waals surface area (Å²) in [5.74, 6) is -0.507. The summed E-state index contributed by atoms with van der Waals surface area (Å²) < 4.78 is 49.9. The van der Waals surface area contributed by atoms with E-state index in [0.717, 1.165) is 12.1 Å². The molecule has 0 fully saturated rings. The van der Waals surface area contributed by atoms with Crippen molar-refractivity contribution in [2.75, 3.05) is 20.8 Å². The van der Waals surface area contributed by atoms with Crippen LogP contribution in [0.25, 0.3) is 0 Å². The molecule has 0 aliphatic heterocycles. The third-order valence-corrected chi connectivity index (χ3v) is 4.67. The van der Waals surface area contributed by atoms with Crippen molar-refractivity contribution in [2.24, 2.45) is 0 Å². The van der Waals surface area contributed by atoms with Crippen LogP contribution in [0.1, 0.15) is 10.4 Å². The first kappa shape index (κ1) is 17.9. The first-order valence-electron chi connectivity index (χ1n) is 6.88. The van der Waals surface area contributed by atoms with Crippen LogP contribution < -0.4 is 14.2 Å². The predicted octanol–water partition coefficient (Wildman–Crippen LogP) is 2.00. The number of carbonyl (C=O) groups is 1. The Kier molecular flexibility index (Phi) is 5.53. The third-order valence-electron chi connectivity index (χ3n) is 3.25. The summed E-state index contributed by atoms with van der Waals surface area (Å²) in [5.41, 5.74) is 0.205. The molecular weight excluding hydrogens is 337 g/mol. The number of ether oxygens (including phenoxy) is 2. The monoisotopic (exact) mass is 353 g/mol. The predicted molar refractivity (Wildman–Crippen MR) is 85.5 cm³/mol. The topological polar surface area (TPSA) is 81.7 Å². The summed E-state index contributed by atoms with van der Waals surface area (Å²) in [6, 6.07) is 9.15. The number of Topliss-reactive ketones (excluding diaryl/α,β-unsaturated/α-hetero) is 1. The van der Waals surface area contributed by atoms with Gasteiger partial charge in [-0.25, -0.2) is 17.5 Å². The summed E-state index contributed by atoms with van der Waals surface area (Å²) in [4.78, 5) is 11.9. The van der Waals surface area contributed by atoms with E-state index in [-0.39, 0.29) is 16.2 Å². The second-order valence-electron chi connectivity index (χ2n) is 4.77. The number of carbonyl (C=O) groups excluding carboxylic acids is 1. The maximum Gasteiger partial charge on any atom is 0.244 e. The van der Waals surface area contributed by atoms with Crippen LogP contribution >= 0.6 is 0 Å². The fourth-order valence-electron chi connectivity index (χ4n) is 1.97. The molecule has 128 valence electrons. The molecule has 6 nitrogen and oxygen atoms in total. The van der Waals surface area contributed by atoms with E-state index in [2.05, 4.69) is 4.72 Å². The molecule has 2 aromatic rings. The zero-order valence-electron chi connectivity index (χ0n) is 13.1. The molecule has 8 heteroatoms. The highest BCUT2D eigenvalue weighted by Crippen LogP contribution is 2.27. The van der Waals surface area contributed by atoms with Crippen LogP contribution in [-0.2, 0) is 10.0 Å². The molecule has 24 heavy (non-hydrogen) atoms. The van der Waals surface area contributed by atoms with Crippen LogP contribution in [0.4, 0.5) is 4.39 Å².